The van der Waals surface area contributed by atoms with Gasteiger partial charge in [-0.2, -0.15) is 4.98 Å². The number of aromatic nitrogens is 1. The predicted molar refractivity (Wildman–Crippen MR) is 41.1 cm³/mol. The Kier molecular flexibility index (Phi) is 1.55. The van der Waals surface area contributed by atoms with Gasteiger partial charge in [0.2, 0.25) is 12.4 Å². The first kappa shape index (κ1) is 7.24. The minimum absolute atomic E-state index is 0.0272. The standard InChI is InChI=1S/C8H8N2O2/c1-5-2-3-6-8(9-5)10-7(11)4-12-6/h2-3H,4H2,1H3,(H,9,10,11)/p+1. The summed E-state index contributed by atoms with van der Waals surface area (Å²) in [5, 5.41) is 1.52. The number of carbonyl (C=O) groups excluding carboxylic acids is 1. The molecular weight excluding hydrogens is 156 g/mol. The maximum Gasteiger partial charge on any atom is 0.354 e. The van der Waals surface area contributed by atoms with Crippen LogP contribution in [0.4, 0.5) is 5.82 Å². The lowest BCUT2D eigenvalue weighted by molar-refractivity contribution is -0.494. The van der Waals surface area contributed by atoms with E-state index in [0.29, 0.717) is 11.6 Å². The summed E-state index contributed by atoms with van der Waals surface area (Å²) in [7, 11) is 0. The van der Waals surface area contributed by atoms with Crippen LogP contribution < -0.4 is 10.1 Å². The Morgan fingerprint density at radius 2 is 2.42 bits per heavy atom. The van der Waals surface area contributed by atoms with Crippen LogP contribution in [0.2, 0.25) is 0 Å². The zero-order valence-electron chi connectivity index (χ0n) is 6.70. The fourth-order valence-electron chi connectivity index (χ4n) is 1.13. The van der Waals surface area contributed by atoms with E-state index in [4.69, 9.17) is 4.74 Å². The fraction of sp³-hybridized carbons (Fsp3) is 0.250. The van der Waals surface area contributed by atoms with Gasteiger partial charge in [-0.25, -0.2) is 10.1 Å². The van der Waals surface area contributed by atoms with Crippen LogP contribution in [0.1, 0.15) is 5.69 Å². The minimum Gasteiger partial charge on any atom is -0.472 e. The summed E-state index contributed by atoms with van der Waals surface area (Å²) in [5.41, 5.74) is 0.892. The van der Waals surface area contributed by atoms with Crippen molar-refractivity contribution in [1.82, 2.24) is 4.98 Å². The molecule has 0 atom stereocenters. The van der Waals surface area contributed by atoms with Gasteiger partial charge in [0.15, 0.2) is 0 Å². The van der Waals surface area contributed by atoms with Crippen LogP contribution in [0.15, 0.2) is 12.1 Å². The predicted octanol–water partition coefficient (Wildman–Crippen LogP) is -0.496. The molecule has 2 heterocycles. The quantitative estimate of drug-likeness (QED) is 0.564. The molecule has 1 amide bonds. The third-order valence-electron chi connectivity index (χ3n) is 1.69. The Balaban J connectivity index is 2.44. The second-order valence-corrected chi connectivity index (χ2v) is 2.74. The van der Waals surface area contributed by atoms with Crippen molar-refractivity contribution in [1.29, 1.82) is 0 Å². The summed E-state index contributed by atoms with van der Waals surface area (Å²) in [5.74, 6) is 1.31. The summed E-state index contributed by atoms with van der Waals surface area (Å²) >= 11 is 0. The smallest absolute Gasteiger partial charge is 0.354 e. The molecule has 0 fully saturated rings. The number of nitrogens with two attached hydrogens (primary N) is 1. The first-order valence-corrected chi connectivity index (χ1v) is 3.74. The van der Waals surface area contributed by atoms with Crippen molar-refractivity contribution in [3.8, 4) is 5.75 Å². The highest BCUT2D eigenvalue weighted by Gasteiger charge is 2.21. The van der Waals surface area contributed by atoms with Gasteiger partial charge in [0.05, 0.1) is 0 Å². The van der Waals surface area contributed by atoms with Gasteiger partial charge in [-0.1, -0.05) is 0 Å². The first-order valence-electron chi connectivity index (χ1n) is 3.74. The molecule has 1 aromatic rings. The largest absolute Gasteiger partial charge is 0.472 e. The second kappa shape index (κ2) is 2.57. The molecule has 0 radical (unpaired) electrons. The van der Waals surface area contributed by atoms with E-state index < -0.39 is 0 Å². The molecule has 0 saturated heterocycles. The van der Waals surface area contributed by atoms with Crippen molar-refractivity contribution < 1.29 is 14.8 Å². The number of nitrogens with zero attached hydrogens (tertiary/aromatic N) is 1. The molecule has 4 nitrogen and oxygen atoms in total. The van der Waals surface area contributed by atoms with Crippen LogP contribution in [0.5, 0.6) is 5.75 Å². The Bertz CT molecular complexity index is 336. The zero-order valence-corrected chi connectivity index (χ0v) is 6.70. The number of aryl methyl sites for hydroxylation is 1. The molecule has 0 unspecified atom stereocenters. The SMILES string of the molecule is Cc1ccc2c(n1)[NH2+]C(=O)CO2. The van der Waals surface area contributed by atoms with Crippen molar-refractivity contribution >= 4 is 11.7 Å². The molecular formula is C8H9N2O2+. The van der Waals surface area contributed by atoms with E-state index in [1.165, 1.54) is 5.32 Å². The number of hydrogen-bond acceptors (Lipinski definition) is 3. The van der Waals surface area contributed by atoms with Crippen LogP contribution in [0.3, 0.4) is 0 Å². The molecule has 1 aliphatic rings. The van der Waals surface area contributed by atoms with Gasteiger partial charge >= 0.3 is 5.91 Å². The lowest BCUT2D eigenvalue weighted by Gasteiger charge is -2.11. The molecule has 4 heteroatoms. The molecule has 1 aliphatic heterocycles. The van der Waals surface area contributed by atoms with Gasteiger partial charge in [-0.05, 0) is 19.1 Å². The number of carbonyl (C=O) groups is 1. The third-order valence-corrected chi connectivity index (χ3v) is 1.69. The average Bonchev–Trinajstić information content (AvgIpc) is 2.03. The highest BCUT2D eigenvalue weighted by molar-refractivity contribution is 5.71. The zero-order chi connectivity index (χ0) is 8.55. The van der Waals surface area contributed by atoms with Crippen LogP contribution in [-0.2, 0) is 4.79 Å². The summed E-state index contributed by atoms with van der Waals surface area (Å²) in [6.45, 7) is 2.02. The number of rotatable bonds is 0. The molecule has 0 saturated carbocycles. The number of primary amides is 1. The van der Waals surface area contributed by atoms with Crippen molar-refractivity contribution in [2.24, 2.45) is 0 Å². The lowest BCUT2D eigenvalue weighted by Crippen LogP contribution is -2.85. The van der Waals surface area contributed by atoms with Gasteiger partial charge in [-0.15, -0.1) is 0 Å². The average molecular weight is 165 g/mol. The van der Waals surface area contributed by atoms with Crippen molar-refractivity contribution in [2.45, 2.75) is 6.92 Å². The van der Waals surface area contributed by atoms with E-state index in [1.54, 1.807) is 0 Å². The molecule has 0 bridgehead atoms. The molecule has 62 valence electrons. The van der Waals surface area contributed by atoms with Crippen molar-refractivity contribution in [2.75, 3.05) is 6.61 Å². The number of ether oxygens (including phenoxy) is 1. The molecule has 0 aromatic carbocycles. The fourth-order valence-corrected chi connectivity index (χ4v) is 1.13. The van der Waals surface area contributed by atoms with E-state index in [2.05, 4.69) is 4.98 Å². The number of pyridine rings is 1. The van der Waals surface area contributed by atoms with Crippen molar-refractivity contribution in [3.63, 3.8) is 0 Å². The maximum atomic E-state index is 10.9. The van der Waals surface area contributed by atoms with E-state index in [-0.39, 0.29) is 12.5 Å². The van der Waals surface area contributed by atoms with Crippen LogP contribution in [0, 0.1) is 6.92 Å². The topological polar surface area (TPSA) is 55.8 Å². The van der Waals surface area contributed by atoms with E-state index in [9.17, 15) is 4.79 Å². The summed E-state index contributed by atoms with van der Waals surface area (Å²) < 4.78 is 5.15. The van der Waals surface area contributed by atoms with Gasteiger partial charge in [0.25, 0.3) is 5.82 Å². The van der Waals surface area contributed by atoms with Crippen LogP contribution >= 0.6 is 0 Å². The Morgan fingerprint density at radius 3 is 3.25 bits per heavy atom. The summed E-state index contributed by atoms with van der Waals surface area (Å²) in [6, 6.07) is 3.70. The van der Waals surface area contributed by atoms with Crippen LogP contribution in [0.25, 0.3) is 0 Å². The summed E-state index contributed by atoms with van der Waals surface area (Å²) in [6.07, 6.45) is 0. The molecule has 1 aromatic heterocycles. The van der Waals surface area contributed by atoms with Gasteiger partial charge in [0, 0.05) is 5.69 Å². The summed E-state index contributed by atoms with van der Waals surface area (Å²) in [4.78, 5) is 15.1. The van der Waals surface area contributed by atoms with Crippen LogP contribution in [-0.4, -0.2) is 17.5 Å². The van der Waals surface area contributed by atoms with E-state index >= 15 is 0 Å². The van der Waals surface area contributed by atoms with E-state index in [0.717, 1.165) is 5.69 Å². The molecule has 0 spiro atoms. The van der Waals surface area contributed by atoms with Crippen molar-refractivity contribution in [3.05, 3.63) is 17.8 Å². The third kappa shape index (κ3) is 1.16. The van der Waals surface area contributed by atoms with E-state index in [1.807, 2.05) is 19.1 Å². The minimum atomic E-state index is -0.0272. The first-order chi connectivity index (χ1) is 5.75. The molecule has 0 aliphatic carbocycles. The number of fused-ring (bicyclic) bond motifs is 1. The molecule has 12 heavy (non-hydrogen) atoms. The number of quaternary nitrogens is 1. The number of amides is 1. The maximum absolute atomic E-state index is 10.9. The Hall–Kier alpha value is -1.42. The van der Waals surface area contributed by atoms with Gasteiger partial charge in [0.1, 0.15) is 0 Å². The highest BCUT2D eigenvalue weighted by atomic mass is 16.5. The van der Waals surface area contributed by atoms with Gasteiger partial charge < -0.3 is 4.74 Å². The second-order valence-electron chi connectivity index (χ2n) is 2.74. The monoisotopic (exact) mass is 165 g/mol. The molecule has 2 N–H and O–H groups in total. The molecule has 2 rings (SSSR count). The number of hydrogen-bond donors (Lipinski definition) is 1. The lowest BCUT2D eigenvalue weighted by atomic mass is 10.3. The van der Waals surface area contributed by atoms with Gasteiger partial charge in [-0.3, -0.25) is 0 Å². The highest BCUT2D eigenvalue weighted by Crippen LogP contribution is 2.19. The normalized spacial score (nSPS) is 15.2. The Morgan fingerprint density at radius 1 is 1.58 bits per heavy atom. The Labute approximate surface area is 69.6 Å².